The van der Waals surface area contributed by atoms with Crippen LogP contribution in [-0.2, 0) is 18.3 Å². The molecule has 2 heterocycles. The lowest BCUT2D eigenvalue weighted by molar-refractivity contribution is -0.106. The number of carbonyl (C=O) groups excluding carboxylic acids is 1. The third kappa shape index (κ3) is 4.15. The molecule has 1 amide bonds. The van der Waals surface area contributed by atoms with Crippen molar-refractivity contribution in [1.29, 1.82) is 0 Å². The number of nitrogens with two attached hydrogens (primary N) is 1. The predicted octanol–water partition coefficient (Wildman–Crippen LogP) is 3.15. The van der Waals surface area contributed by atoms with Crippen LogP contribution in [0.5, 0.6) is 5.75 Å². The van der Waals surface area contributed by atoms with Crippen LogP contribution in [0.1, 0.15) is 5.56 Å². The quantitative estimate of drug-likeness (QED) is 0.461. The van der Waals surface area contributed by atoms with Gasteiger partial charge in [0.05, 0.1) is 23.5 Å². The number of carbonyl (C=O) groups is 1. The minimum Gasteiger partial charge on any atom is -0.489 e. The highest BCUT2D eigenvalue weighted by Gasteiger charge is 2.16. The standard InChI is InChI=1S/C17H15Cl2FN6O2/c1-25-8-10(7-22-25)26(9-27)15-6-14(17(21)24-23-15)28-5-4-11-12(18)2-3-13(20)16(11)19/h2-3,6-9H,4-5H2,1H3,(H2,21,24). The van der Waals surface area contributed by atoms with E-state index in [2.05, 4.69) is 15.3 Å². The zero-order valence-electron chi connectivity index (χ0n) is 14.6. The van der Waals surface area contributed by atoms with Crippen molar-refractivity contribution in [2.24, 2.45) is 7.05 Å². The van der Waals surface area contributed by atoms with Crippen LogP contribution >= 0.6 is 23.2 Å². The first kappa shape index (κ1) is 19.8. The number of nitrogen functional groups attached to an aromatic ring is 1. The summed E-state index contributed by atoms with van der Waals surface area (Å²) in [5.41, 5.74) is 6.73. The van der Waals surface area contributed by atoms with Crippen LogP contribution in [0.3, 0.4) is 0 Å². The molecule has 0 atom stereocenters. The van der Waals surface area contributed by atoms with E-state index < -0.39 is 5.82 Å². The summed E-state index contributed by atoms with van der Waals surface area (Å²) in [5.74, 6) is -0.109. The van der Waals surface area contributed by atoms with Gasteiger partial charge >= 0.3 is 0 Å². The Morgan fingerprint density at radius 2 is 2.14 bits per heavy atom. The summed E-state index contributed by atoms with van der Waals surface area (Å²) in [5, 5.41) is 12.0. The first-order chi connectivity index (χ1) is 13.4. The molecule has 0 aliphatic rings. The zero-order chi connectivity index (χ0) is 20.3. The van der Waals surface area contributed by atoms with E-state index in [4.69, 9.17) is 33.7 Å². The molecule has 28 heavy (non-hydrogen) atoms. The fraction of sp³-hybridized carbons (Fsp3) is 0.176. The average molecular weight is 425 g/mol. The van der Waals surface area contributed by atoms with Crippen molar-refractivity contribution < 1.29 is 13.9 Å². The van der Waals surface area contributed by atoms with Gasteiger partial charge in [0.1, 0.15) is 5.82 Å². The number of amides is 1. The molecule has 0 aliphatic carbocycles. The fourth-order valence-corrected chi connectivity index (χ4v) is 3.01. The van der Waals surface area contributed by atoms with Gasteiger partial charge in [-0.25, -0.2) is 4.39 Å². The molecule has 0 bridgehead atoms. The Hall–Kier alpha value is -2.91. The summed E-state index contributed by atoms with van der Waals surface area (Å²) in [6.45, 7) is 0.103. The van der Waals surface area contributed by atoms with Gasteiger partial charge in [-0.15, -0.1) is 10.2 Å². The second kappa shape index (κ2) is 8.41. The van der Waals surface area contributed by atoms with Gasteiger partial charge < -0.3 is 10.5 Å². The minimum absolute atomic E-state index is 0.0391. The number of benzene rings is 1. The maximum Gasteiger partial charge on any atom is 0.220 e. The minimum atomic E-state index is -0.563. The fourth-order valence-electron chi connectivity index (χ4n) is 2.45. The molecular formula is C17H15Cl2FN6O2. The number of hydrogen-bond acceptors (Lipinski definition) is 6. The highest BCUT2D eigenvalue weighted by Crippen LogP contribution is 2.29. The predicted molar refractivity (Wildman–Crippen MR) is 103 cm³/mol. The molecular weight excluding hydrogens is 410 g/mol. The highest BCUT2D eigenvalue weighted by molar-refractivity contribution is 6.36. The Morgan fingerprint density at radius 3 is 2.82 bits per heavy atom. The molecule has 0 radical (unpaired) electrons. The molecule has 0 spiro atoms. The maximum absolute atomic E-state index is 13.6. The van der Waals surface area contributed by atoms with Gasteiger partial charge in [0.15, 0.2) is 17.4 Å². The SMILES string of the molecule is Cn1cc(N(C=O)c2cc(OCCc3c(Cl)ccc(F)c3Cl)c(N)nn2)cn1. The van der Waals surface area contributed by atoms with E-state index >= 15 is 0 Å². The van der Waals surface area contributed by atoms with Gasteiger partial charge in [-0.05, 0) is 17.7 Å². The molecule has 2 N–H and O–H groups in total. The van der Waals surface area contributed by atoms with Crippen molar-refractivity contribution in [3.63, 3.8) is 0 Å². The molecule has 0 saturated heterocycles. The van der Waals surface area contributed by atoms with Crippen molar-refractivity contribution in [2.45, 2.75) is 6.42 Å². The average Bonchev–Trinajstić information content (AvgIpc) is 3.10. The molecule has 1 aromatic carbocycles. The largest absolute Gasteiger partial charge is 0.489 e. The smallest absolute Gasteiger partial charge is 0.220 e. The number of aryl methyl sites for hydroxylation is 1. The first-order valence-corrected chi connectivity index (χ1v) is 8.78. The highest BCUT2D eigenvalue weighted by atomic mass is 35.5. The summed E-state index contributed by atoms with van der Waals surface area (Å²) in [4.78, 5) is 12.7. The Balaban J connectivity index is 1.77. The lowest BCUT2D eigenvalue weighted by Crippen LogP contribution is -2.16. The molecule has 0 unspecified atom stereocenters. The van der Waals surface area contributed by atoms with Gasteiger partial charge in [-0.3, -0.25) is 14.4 Å². The third-order valence-electron chi connectivity index (χ3n) is 3.84. The molecule has 11 heteroatoms. The zero-order valence-corrected chi connectivity index (χ0v) is 16.2. The van der Waals surface area contributed by atoms with Crippen molar-refractivity contribution in [2.75, 3.05) is 17.2 Å². The third-order valence-corrected chi connectivity index (χ3v) is 4.61. The van der Waals surface area contributed by atoms with E-state index in [-0.39, 0.29) is 35.4 Å². The Labute approximate surface area is 169 Å². The van der Waals surface area contributed by atoms with Crippen LogP contribution in [0.2, 0.25) is 10.0 Å². The number of halogens is 3. The number of anilines is 3. The molecule has 0 aliphatic heterocycles. The van der Waals surface area contributed by atoms with Gasteiger partial charge in [-0.2, -0.15) is 5.10 Å². The summed E-state index contributed by atoms with van der Waals surface area (Å²) in [6, 6.07) is 4.09. The topological polar surface area (TPSA) is 99.2 Å². The summed E-state index contributed by atoms with van der Waals surface area (Å²) >= 11 is 12.0. The maximum atomic E-state index is 13.6. The van der Waals surface area contributed by atoms with E-state index in [1.54, 1.807) is 17.9 Å². The summed E-state index contributed by atoms with van der Waals surface area (Å²) < 4.78 is 20.8. The van der Waals surface area contributed by atoms with Gasteiger partial charge in [0, 0.05) is 30.8 Å². The normalized spacial score (nSPS) is 10.7. The Morgan fingerprint density at radius 1 is 1.36 bits per heavy atom. The Bertz CT molecular complexity index is 1010. The van der Waals surface area contributed by atoms with E-state index in [0.717, 1.165) is 0 Å². The van der Waals surface area contributed by atoms with Crippen LogP contribution in [0.4, 0.5) is 21.7 Å². The molecule has 8 nitrogen and oxygen atoms in total. The van der Waals surface area contributed by atoms with Crippen LogP contribution in [-0.4, -0.2) is 33.0 Å². The number of aromatic nitrogens is 4. The molecule has 0 fully saturated rings. The van der Waals surface area contributed by atoms with Crippen molar-refractivity contribution in [1.82, 2.24) is 20.0 Å². The molecule has 146 valence electrons. The molecule has 3 aromatic rings. The lowest BCUT2D eigenvalue weighted by Gasteiger charge is -2.15. The van der Waals surface area contributed by atoms with E-state index in [9.17, 15) is 9.18 Å². The molecule has 0 saturated carbocycles. The molecule has 2 aromatic heterocycles. The van der Waals surface area contributed by atoms with Gasteiger partial charge in [-0.1, -0.05) is 23.2 Å². The monoisotopic (exact) mass is 424 g/mol. The van der Waals surface area contributed by atoms with Crippen LogP contribution in [0, 0.1) is 5.82 Å². The second-order valence-electron chi connectivity index (χ2n) is 5.72. The van der Waals surface area contributed by atoms with Crippen LogP contribution < -0.4 is 15.4 Å². The van der Waals surface area contributed by atoms with Gasteiger partial charge in [0.2, 0.25) is 6.41 Å². The number of rotatable bonds is 7. The van der Waals surface area contributed by atoms with Crippen molar-refractivity contribution in [3.05, 3.63) is 52.0 Å². The van der Waals surface area contributed by atoms with E-state index in [0.29, 0.717) is 22.7 Å². The summed E-state index contributed by atoms with van der Waals surface area (Å²) in [7, 11) is 1.72. The van der Waals surface area contributed by atoms with Crippen molar-refractivity contribution >= 4 is 46.9 Å². The van der Waals surface area contributed by atoms with E-state index in [1.807, 2.05) is 0 Å². The number of nitrogens with zero attached hydrogens (tertiary/aromatic N) is 5. The first-order valence-electron chi connectivity index (χ1n) is 8.02. The summed E-state index contributed by atoms with van der Waals surface area (Å²) in [6.07, 6.45) is 3.96. The number of ether oxygens (including phenoxy) is 1. The van der Waals surface area contributed by atoms with Gasteiger partial charge in [0.25, 0.3) is 0 Å². The van der Waals surface area contributed by atoms with Crippen LogP contribution in [0.15, 0.2) is 30.6 Å². The second-order valence-corrected chi connectivity index (χ2v) is 6.51. The Kier molecular flexibility index (Phi) is 5.96. The van der Waals surface area contributed by atoms with E-state index in [1.165, 1.54) is 29.3 Å². The van der Waals surface area contributed by atoms with Crippen molar-refractivity contribution in [3.8, 4) is 5.75 Å². The molecule has 3 rings (SSSR count). The van der Waals surface area contributed by atoms with Crippen LogP contribution in [0.25, 0.3) is 0 Å². The lowest BCUT2D eigenvalue weighted by atomic mass is 10.1. The number of hydrogen-bond donors (Lipinski definition) is 1.